The second-order valence-electron chi connectivity index (χ2n) is 4.29. The van der Waals surface area contributed by atoms with Crippen LogP contribution in [-0.2, 0) is 9.53 Å². The van der Waals surface area contributed by atoms with Crippen molar-refractivity contribution in [3.8, 4) is 0 Å². The highest BCUT2D eigenvalue weighted by Gasteiger charge is 2.15. The van der Waals surface area contributed by atoms with Crippen LogP contribution >= 0.6 is 0 Å². The highest BCUT2D eigenvalue weighted by atomic mass is 16.5. The molecule has 0 spiro atoms. The summed E-state index contributed by atoms with van der Waals surface area (Å²) in [7, 11) is 0. The fourth-order valence-electron chi connectivity index (χ4n) is 1.89. The van der Waals surface area contributed by atoms with Gasteiger partial charge in [0.1, 0.15) is 6.10 Å². The third-order valence-corrected chi connectivity index (χ3v) is 2.83. The molecule has 0 fully saturated rings. The predicted molar refractivity (Wildman–Crippen MR) is 61.6 cm³/mol. The Morgan fingerprint density at radius 2 is 2.00 bits per heavy atom. The molecule has 1 rings (SSSR count). The summed E-state index contributed by atoms with van der Waals surface area (Å²) < 4.78 is 5.37. The van der Waals surface area contributed by atoms with E-state index in [1.165, 1.54) is 44.6 Å². The molecule has 15 heavy (non-hydrogen) atoms. The molecule has 0 saturated carbocycles. The van der Waals surface area contributed by atoms with Gasteiger partial charge < -0.3 is 4.74 Å². The van der Waals surface area contributed by atoms with E-state index in [9.17, 15) is 4.79 Å². The van der Waals surface area contributed by atoms with Crippen LogP contribution in [-0.4, -0.2) is 11.9 Å². The number of ketones is 1. The third-order valence-electron chi connectivity index (χ3n) is 2.83. The van der Waals surface area contributed by atoms with Crippen molar-refractivity contribution >= 4 is 5.78 Å². The van der Waals surface area contributed by atoms with E-state index in [0.717, 1.165) is 6.42 Å². The number of allylic oxidation sites excluding steroid dienone is 1. The zero-order valence-corrected chi connectivity index (χ0v) is 9.71. The Bertz CT molecular complexity index is 209. The number of rotatable bonds is 7. The van der Waals surface area contributed by atoms with Gasteiger partial charge in [0.05, 0.1) is 6.26 Å². The van der Waals surface area contributed by atoms with E-state index in [1.807, 2.05) is 0 Å². The van der Waals surface area contributed by atoms with Gasteiger partial charge in [-0.2, -0.15) is 0 Å². The Hall–Kier alpha value is -0.790. The van der Waals surface area contributed by atoms with E-state index in [2.05, 4.69) is 6.92 Å². The fourth-order valence-corrected chi connectivity index (χ4v) is 1.89. The lowest BCUT2D eigenvalue weighted by Gasteiger charge is -2.18. The summed E-state index contributed by atoms with van der Waals surface area (Å²) in [5, 5.41) is 0. The first kappa shape index (κ1) is 12.3. The monoisotopic (exact) mass is 210 g/mol. The molecule has 0 aromatic rings. The molecule has 2 nitrogen and oxygen atoms in total. The van der Waals surface area contributed by atoms with E-state index in [0.29, 0.717) is 6.42 Å². The van der Waals surface area contributed by atoms with E-state index in [-0.39, 0.29) is 11.9 Å². The molecular formula is C13H22O2. The summed E-state index contributed by atoms with van der Waals surface area (Å²) in [5.74, 6) is 0.206. The highest BCUT2D eigenvalue weighted by Crippen LogP contribution is 2.15. The van der Waals surface area contributed by atoms with Gasteiger partial charge >= 0.3 is 0 Å². The molecule has 1 heterocycles. The van der Waals surface area contributed by atoms with Crippen molar-refractivity contribution in [2.75, 3.05) is 0 Å². The molecule has 0 amide bonds. The summed E-state index contributed by atoms with van der Waals surface area (Å²) in [4.78, 5) is 11.1. The number of hydrogen-bond acceptors (Lipinski definition) is 2. The number of hydrogen-bond donors (Lipinski definition) is 0. The minimum Gasteiger partial charge on any atom is -0.497 e. The number of carbonyl (C=O) groups is 1. The van der Waals surface area contributed by atoms with Crippen LogP contribution in [0.1, 0.15) is 58.3 Å². The molecule has 2 heteroatoms. The van der Waals surface area contributed by atoms with Gasteiger partial charge in [-0.15, -0.1) is 0 Å². The van der Waals surface area contributed by atoms with E-state index in [4.69, 9.17) is 4.74 Å². The molecule has 0 radical (unpaired) electrons. The lowest BCUT2D eigenvalue weighted by molar-refractivity contribution is -0.118. The van der Waals surface area contributed by atoms with Crippen molar-refractivity contribution < 1.29 is 9.53 Å². The molecule has 1 aliphatic heterocycles. The molecule has 1 atom stereocenters. The number of carbonyl (C=O) groups excluding carboxylic acids is 1. The van der Waals surface area contributed by atoms with Gasteiger partial charge in [-0.05, 0) is 12.8 Å². The minimum atomic E-state index is 0.147. The molecule has 0 unspecified atom stereocenters. The Morgan fingerprint density at radius 3 is 2.73 bits per heavy atom. The molecule has 1 aliphatic rings. The second-order valence-corrected chi connectivity index (χ2v) is 4.29. The van der Waals surface area contributed by atoms with Crippen molar-refractivity contribution in [3.05, 3.63) is 12.3 Å². The maximum absolute atomic E-state index is 11.1. The van der Waals surface area contributed by atoms with Crippen molar-refractivity contribution in [2.45, 2.75) is 64.4 Å². The Labute approximate surface area is 92.7 Å². The SMILES string of the molecule is CCCCCCCC[C@@H]1CC(=O)C=CO1. The Balaban J connectivity index is 1.96. The molecule has 86 valence electrons. The van der Waals surface area contributed by atoms with Crippen LogP contribution in [0.2, 0.25) is 0 Å². The first-order chi connectivity index (χ1) is 7.33. The molecule has 0 saturated heterocycles. The largest absolute Gasteiger partial charge is 0.497 e. The average molecular weight is 210 g/mol. The molecular weight excluding hydrogens is 188 g/mol. The van der Waals surface area contributed by atoms with E-state index >= 15 is 0 Å². The number of ether oxygens (including phenoxy) is 1. The maximum atomic E-state index is 11.1. The van der Waals surface area contributed by atoms with Gasteiger partial charge in [-0.25, -0.2) is 0 Å². The van der Waals surface area contributed by atoms with Crippen LogP contribution in [0.5, 0.6) is 0 Å². The van der Waals surface area contributed by atoms with Crippen LogP contribution in [0.4, 0.5) is 0 Å². The molecule has 0 aromatic heterocycles. The normalized spacial score (nSPS) is 20.3. The van der Waals surface area contributed by atoms with Crippen molar-refractivity contribution in [3.63, 3.8) is 0 Å². The average Bonchev–Trinajstić information content (AvgIpc) is 2.23. The minimum absolute atomic E-state index is 0.147. The summed E-state index contributed by atoms with van der Waals surface area (Å²) in [6.07, 6.45) is 12.6. The zero-order valence-electron chi connectivity index (χ0n) is 9.71. The van der Waals surface area contributed by atoms with Gasteiger partial charge in [0.2, 0.25) is 0 Å². The van der Waals surface area contributed by atoms with Gasteiger partial charge in [-0.3, -0.25) is 4.79 Å². The molecule has 0 aliphatic carbocycles. The first-order valence-electron chi connectivity index (χ1n) is 6.17. The molecule has 0 bridgehead atoms. The Kier molecular flexibility index (Phi) is 6.14. The lowest BCUT2D eigenvalue weighted by Crippen LogP contribution is -2.18. The zero-order chi connectivity index (χ0) is 10.9. The highest BCUT2D eigenvalue weighted by molar-refractivity contribution is 5.90. The summed E-state index contributed by atoms with van der Waals surface area (Å²) in [6.45, 7) is 2.23. The van der Waals surface area contributed by atoms with Crippen molar-refractivity contribution in [1.82, 2.24) is 0 Å². The third kappa shape index (κ3) is 5.60. The quantitative estimate of drug-likeness (QED) is 0.600. The van der Waals surface area contributed by atoms with Gasteiger partial charge in [0.25, 0.3) is 0 Å². The van der Waals surface area contributed by atoms with Crippen LogP contribution in [0.3, 0.4) is 0 Å². The summed E-state index contributed by atoms with van der Waals surface area (Å²) in [6, 6.07) is 0. The standard InChI is InChI=1S/C13H22O2/c1-2-3-4-5-6-7-8-13-11-12(14)9-10-15-13/h9-10,13H,2-8,11H2,1H3/t13-/m1/s1. The smallest absolute Gasteiger partial charge is 0.162 e. The topological polar surface area (TPSA) is 26.3 Å². The maximum Gasteiger partial charge on any atom is 0.162 e. The van der Waals surface area contributed by atoms with Gasteiger partial charge in [-0.1, -0.05) is 39.0 Å². The Morgan fingerprint density at radius 1 is 1.27 bits per heavy atom. The van der Waals surface area contributed by atoms with Crippen LogP contribution < -0.4 is 0 Å². The summed E-state index contributed by atoms with van der Waals surface area (Å²) >= 11 is 0. The van der Waals surface area contributed by atoms with E-state index in [1.54, 1.807) is 6.26 Å². The first-order valence-corrected chi connectivity index (χ1v) is 6.17. The lowest BCUT2D eigenvalue weighted by atomic mass is 10.0. The molecule has 0 N–H and O–H groups in total. The second kappa shape index (κ2) is 7.49. The van der Waals surface area contributed by atoms with Crippen molar-refractivity contribution in [1.29, 1.82) is 0 Å². The van der Waals surface area contributed by atoms with Crippen LogP contribution in [0, 0.1) is 0 Å². The van der Waals surface area contributed by atoms with Gasteiger partial charge in [0, 0.05) is 12.5 Å². The predicted octanol–water partition coefficient (Wildman–Crippen LogP) is 3.61. The van der Waals surface area contributed by atoms with Crippen LogP contribution in [0.15, 0.2) is 12.3 Å². The van der Waals surface area contributed by atoms with Gasteiger partial charge in [0.15, 0.2) is 5.78 Å². The van der Waals surface area contributed by atoms with Crippen LogP contribution in [0.25, 0.3) is 0 Å². The summed E-state index contributed by atoms with van der Waals surface area (Å²) in [5.41, 5.74) is 0. The van der Waals surface area contributed by atoms with Crippen molar-refractivity contribution in [2.24, 2.45) is 0 Å². The molecule has 0 aromatic carbocycles. The fraction of sp³-hybridized carbons (Fsp3) is 0.769. The van der Waals surface area contributed by atoms with E-state index < -0.39 is 0 Å². The number of unbranched alkanes of at least 4 members (excludes halogenated alkanes) is 5.